The van der Waals surface area contributed by atoms with Crippen LogP contribution in [0.25, 0.3) is 0 Å². The first kappa shape index (κ1) is 23.5. The average molecular weight is 458 g/mol. The van der Waals surface area contributed by atoms with Gasteiger partial charge >= 0.3 is 0 Å². The van der Waals surface area contributed by atoms with Gasteiger partial charge in [-0.05, 0) is 93.6 Å². The lowest BCUT2D eigenvalue weighted by Gasteiger charge is -2.32. The summed E-state index contributed by atoms with van der Waals surface area (Å²) in [4.78, 5) is 22.0. The molecule has 0 N–H and O–H groups in total. The normalized spacial score (nSPS) is 22.2. The number of amides is 1. The molecular weight excluding hydrogens is 427 g/mol. The van der Waals surface area contributed by atoms with Crippen LogP contribution in [0.1, 0.15) is 56.6 Å². The van der Waals surface area contributed by atoms with Crippen LogP contribution in [0, 0.1) is 17.5 Å². The number of rotatable bonds is 7. The van der Waals surface area contributed by atoms with Crippen molar-refractivity contribution in [2.75, 3.05) is 26.2 Å². The van der Waals surface area contributed by atoms with Crippen LogP contribution < -0.4 is 0 Å². The molecule has 2 aliphatic rings. The summed E-state index contributed by atoms with van der Waals surface area (Å²) in [7, 11) is 0. The Morgan fingerprint density at radius 2 is 1.70 bits per heavy atom. The molecule has 1 atom stereocenters. The van der Waals surface area contributed by atoms with Crippen LogP contribution in [0.2, 0.25) is 0 Å². The number of carbonyl (C=O) groups excluding carboxylic acids is 1. The molecule has 0 bridgehead atoms. The second-order valence-electron chi connectivity index (χ2n) is 8.98. The molecule has 7 heteroatoms. The zero-order chi connectivity index (χ0) is 23.6. The minimum absolute atomic E-state index is 0.177. The summed E-state index contributed by atoms with van der Waals surface area (Å²) in [5.74, 6) is -1.22. The van der Waals surface area contributed by atoms with Crippen LogP contribution in [0.4, 0.5) is 13.2 Å². The fourth-order valence-electron chi connectivity index (χ4n) is 5.07. The van der Waals surface area contributed by atoms with Gasteiger partial charge in [0.05, 0.1) is 0 Å². The molecule has 0 radical (unpaired) electrons. The van der Waals surface area contributed by atoms with E-state index in [-0.39, 0.29) is 11.7 Å². The van der Waals surface area contributed by atoms with Crippen molar-refractivity contribution in [1.29, 1.82) is 0 Å². The number of nitrogens with zero attached hydrogens (tertiary/aromatic N) is 3. The van der Waals surface area contributed by atoms with Gasteiger partial charge < -0.3 is 4.90 Å². The lowest BCUT2D eigenvalue weighted by atomic mass is 9.87. The minimum atomic E-state index is -1.19. The van der Waals surface area contributed by atoms with Crippen molar-refractivity contribution in [3.8, 4) is 0 Å². The minimum Gasteiger partial charge on any atom is -0.303 e. The molecule has 0 saturated carbocycles. The molecule has 0 aliphatic carbocycles. The predicted octanol–water partition coefficient (Wildman–Crippen LogP) is 5.24. The Balaban J connectivity index is 1.32. The second kappa shape index (κ2) is 9.67. The van der Waals surface area contributed by atoms with Gasteiger partial charge in [-0.25, -0.2) is 13.2 Å². The summed E-state index contributed by atoms with van der Waals surface area (Å²) in [6, 6.07) is 10.4. The van der Waals surface area contributed by atoms with E-state index in [4.69, 9.17) is 0 Å². The number of halogens is 3. The molecule has 4 nitrogen and oxygen atoms in total. The van der Waals surface area contributed by atoms with Gasteiger partial charge in [-0.15, -0.1) is 0 Å². The Hall–Kier alpha value is -2.67. The topological polar surface area (TPSA) is 35.9 Å². The Morgan fingerprint density at radius 1 is 1.00 bits per heavy atom. The van der Waals surface area contributed by atoms with Gasteiger partial charge in [-0.1, -0.05) is 25.1 Å². The van der Waals surface area contributed by atoms with Gasteiger partial charge in [0.25, 0.3) is 5.91 Å². The maximum atomic E-state index is 13.9. The smallest absolute Gasteiger partial charge is 0.260 e. The van der Waals surface area contributed by atoms with E-state index in [0.29, 0.717) is 30.3 Å². The van der Waals surface area contributed by atoms with Crippen molar-refractivity contribution in [2.45, 2.75) is 51.0 Å². The Morgan fingerprint density at radius 3 is 2.33 bits per heavy atom. The summed E-state index contributed by atoms with van der Waals surface area (Å²) >= 11 is 0. The number of hydrogen-bond donors (Lipinski definition) is 0. The van der Waals surface area contributed by atoms with Crippen molar-refractivity contribution in [3.63, 3.8) is 0 Å². The predicted molar refractivity (Wildman–Crippen MR) is 123 cm³/mol. The SMILES string of the molecule is CCC1(c2ccc(F)c(F)c2)N=C(C)N(CCCN2CCC(c3ccc(F)cc3)CC2)C1=O. The van der Waals surface area contributed by atoms with Gasteiger partial charge in [-0.3, -0.25) is 14.7 Å². The van der Waals surface area contributed by atoms with E-state index in [1.165, 1.54) is 23.8 Å². The molecule has 4 rings (SSSR count). The lowest BCUT2D eigenvalue weighted by Crippen LogP contribution is -2.42. The highest BCUT2D eigenvalue weighted by atomic mass is 19.2. The zero-order valence-corrected chi connectivity index (χ0v) is 19.2. The van der Waals surface area contributed by atoms with Crippen LogP contribution >= 0.6 is 0 Å². The molecular formula is C26H30F3N3O. The van der Waals surface area contributed by atoms with Gasteiger partial charge in [0.1, 0.15) is 11.7 Å². The first-order valence-corrected chi connectivity index (χ1v) is 11.7. The van der Waals surface area contributed by atoms with Crippen molar-refractivity contribution in [3.05, 3.63) is 71.0 Å². The van der Waals surface area contributed by atoms with Crippen LogP contribution in [-0.2, 0) is 10.3 Å². The Labute approximate surface area is 193 Å². The quantitative estimate of drug-likeness (QED) is 0.570. The summed E-state index contributed by atoms with van der Waals surface area (Å²) in [6.45, 7) is 6.98. The Kier molecular flexibility index (Phi) is 6.88. The van der Waals surface area contributed by atoms with Crippen LogP contribution in [0.5, 0.6) is 0 Å². The highest BCUT2D eigenvalue weighted by molar-refractivity contribution is 6.07. The zero-order valence-electron chi connectivity index (χ0n) is 19.2. The van der Waals surface area contributed by atoms with E-state index < -0.39 is 17.2 Å². The number of amidine groups is 1. The fourth-order valence-corrected chi connectivity index (χ4v) is 5.07. The molecule has 0 aromatic heterocycles. The standard InChI is InChI=1S/C26H30F3N3O/c1-3-26(21-7-10-23(28)24(29)17-21)25(33)32(18(2)30-26)14-4-13-31-15-11-20(12-16-31)19-5-8-22(27)9-6-19/h5-10,17,20H,3-4,11-16H2,1-2H3. The van der Waals surface area contributed by atoms with Gasteiger partial charge in [0, 0.05) is 6.54 Å². The van der Waals surface area contributed by atoms with E-state index >= 15 is 0 Å². The maximum absolute atomic E-state index is 13.9. The molecule has 2 aromatic carbocycles. The molecule has 2 aromatic rings. The number of carbonyl (C=O) groups is 1. The lowest BCUT2D eigenvalue weighted by molar-refractivity contribution is -0.131. The molecule has 1 saturated heterocycles. The molecule has 1 amide bonds. The summed E-state index contributed by atoms with van der Waals surface area (Å²) < 4.78 is 40.4. The largest absolute Gasteiger partial charge is 0.303 e. The van der Waals surface area contributed by atoms with E-state index in [2.05, 4.69) is 9.89 Å². The van der Waals surface area contributed by atoms with Crippen molar-refractivity contribution < 1.29 is 18.0 Å². The van der Waals surface area contributed by atoms with E-state index in [9.17, 15) is 18.0 Å². The van der Waals surface area contributed by atoms with Gasteiger partial charge in [0.2, 0.25) is 0 Å². The van der Waals surface area contributed by atoms with Crippen molar-refractivity contribution in [2.24, 2.45) is 4.99 Å². The van der Waals surface area contributed by atoms with Crippen LogP contribution in [0.15, 0.2) is 47.5 Å². The van der Waals surface area contributed by atoms with Gasteiger partial charge in [0.15, 0.2) is 17.2 Å². The third-order valence-corrected chi connectivity index (χ3v) is 7.04. The second-order valence-corrected chi connectivity index (χ2v) is 8.98. The number of piperidine rings is 1. The molecule has 1 unspecified atom stereocenters. The summed E-state index contributed by atoms with van der Waals surface area (Å²) in [5.41, 5.74) is 0.392. The van der Waals surface area contributed by atoms with Crippen molar-refractivity contribution in [1.82, 2.24) is 9.80 Å². The molecule has 176 valence electrons. The first-order chi connectivity index (χ1) is 15.8. The molecule has 2 heterocycles. The molecule has 2 aliphatic heterocycles. The maximum Gasteiger partial charge on any atom is 0.260 e. The summed E-state index contributed by atoms with van der Waals surface area (Å²) in [5, 5.41) is 0. The van der Waals surface area contributed by atoms with Crippen LogP contribution in [-0.4, -0.2) is 47.7 Å². The molecule has 0 spiro atoms. The highest BCUT2D eigenvalue weighted by Crippen LogP contribution is 2.37. The number of benzene rings is 2. The number of hydrogen-bond acceptors (Lipinski definition) is 3. The van der Waals surface area contributed by atoms with E-state index in [0.717, 1.165) is 51.0 Å². The molecule has 1 fully saturated rings. The number of likely N-dealkylation sites (tertiary alicyclic amines) is 1. The van der Waals surface area contributed by atoms with Crippen LogP contribution in [0.3, 0.4) is 0 Å². The van der Waals surface area contributed by atoms with Gasteiger partial charge in [-0.2, -0.15) is 0 Å². The fraction of sp³-hybridized carbons (Fsp3) is 0.462. The van der Waals surface area contributed by atoms with E-state index in [1.54, 1.807) is 11.8 Å². The summed E-state index contributed by atoms with van der Waals surface area (Å²) in [6.07, 6.45) is 3.24. The Bertz CT molecular complexity index is 1030. The third-order valence-electron chi connectivity index (χ3n) is 7.04. The molecule has 33 heavy (non-hydrogen) atoms. The van der Waals surface area contributed by atoms with Crippen molar-refractivity contribution >= 4 is 11.7 Å². The highest BCUT2D eigenvalue weighted by Gasteiger charge is 2.47. The number of aliphatic imine (C=N–C) groups is 1. The first-order valence-electron chi connectivity index (χ1n) is 11.7. The average Bonchev–Trinajstić information content (AvgIpc) is 3.07. The third kappa shape index (κ3) is 4.69. The monoisotopic (exact) mass is 457 g/mol. The van der Waals surface area contributed by atoms with E-state index in [1.807, 2.05) is 19.1 Å².